The number of para-hydroxylation sites is 1. The van der Waals surface area contributed by atoms with Crippen LogP contribution in [0.2, 0.25) is 0 Å². The van der Waals surface area contributed by atoms with Crippen LogP contribution in [0, 0.1) is 5.92 Å². The summed E-state index contributed by atoms with van der Waals surface area (Å²) >= 11 is 0. The zero-order valence-corrected chi connectivity index (χ0v) is 10.5. The van der Waals surface area contributed by atoms with E-state index in [1.807, 2.05) is 30.3 Å². The molecule has 1 aliphatic carbocycles. The van der Waals surface area contributed by atoms with Gasteiger partial charge in [0.2, 0.25) is 0 Å². The van der Waals surface area contributed by atoms with Gasteiger partial charge in [0.1, 0.15) is 0 Å². The molecule has 2 aromatic rings. The van der Waals surface area contributed by atoms with Crippen molar-refractivity contribution in [1.29, 1.82) is 0 Å². The minimum Gasteiger partial charge on any atom is -0.481 e. The summed E-state index contributed by atoms with van der Waals surface area (Å²) in [6.45, 7) is 0. The van der Waals surface area contributed by atoms with Gasteiger partial charge in [0.25, 0.3) is 0 Å². The maximum atomic E-state index is 11.0. The third-order valence-electron chi connectivity index (χ3n) is 3.79. The molecular formula is C15H16N2O2. The van der Waals surface area contributed by atoms with Gasteiger partial charge in [-0.05, 0) is 31.4 Å². The van der Waals surface area contributed by atoms with Crippen molar-refractivity contribution in [3.63, 3.8) is 0 Å². The van der Waals surface area contributed by atoms with Crippen LogP contribution in [0.1, 0.15) is 19.3 Å². The van der Waals surface area contributed by atoms with Gasteiger partial charge in [-0.15, -0.1) is 0 Å². The second-order valence-electron chi connectivity index (χ2n) is 5.07. The lowest BCUT2D eigenvalue weighted by Gasteiger charge is -2.15. The number of nitrogens with one attached hydrogen (secondary N) is 1. The number of aromatic nitrogens is 1. The van der Waals surface area contributed by atoms with E-state index in [1.54, 1.807) is 6.20 Å². The van der Waals surface area contributed by atoms with Crippen LogP contribution in [0.4, 0.5) is 5.69 Å². The van der Waals surface area contributed by atoms with Crippen molar-refractivity contribution in [2.75, 3.05) is 5.32 Å². The summed E-state index contributed by atoms with van der Waals surface area (Å²) in [5.41, 5.74) is 2.00. The third-order valence-corrected chi connectivity index (χ3v) is 3.79. The van der Waals surface area contributed by atoms with Gasteiger partial charge in [0.05, 0.1) is 11.4 Å². The normalized spacial score (nSPS) is 22.5. The Balaban J connectivity index is 1.81. The van der Waals surface area contributed by atoms with Crippen molar-refractivity contribution in [3.8, 4) is 0 Å². The first kappa shape index (κ1) is 12.0. The van der Waals surface area contributed by atoms with Crippen LogP contribution in [0.25, 0.3) is 10.9 Å². The number of carbonyl (C=O) groups is 1. The van der Waals surface area contributed by atoms with Gasteiger partial charge in [-0.3, -0.25) is 9.78 Å². The van der Waals surface area contributed by atoms with Gasteiger partial charge in [0.15, 0.2) is 0 Å². The van der Waals surface area contributed by atoms with Gasteiger partial charge >= 0.3 is 5.97 Å². The molecule has 1 fully saturated rings. The lowest BCUT2D eigenvalue weighted by molar-refractivity contribution is -0.141. The molecule has 0 spiro atoms. The highest BCUT2D eigenvalue weighted by Crippen LogP contribution is 2.30. The van der Waals surface area contributed by atoms with E-state index in [-0.39, 0.29) is 12.0 Å². The van der Waals surface area contributed by atoms with E-state index in [0.717, 1.165) is 29.4 Å². The van der Waals surface area contributed by atoms with E-state index in [2.05, 4.69) is 10.3 Å². The van der Waals surface area contributed by atoms with Crippen LogP contribution >= 0.6 is 0 Å². The first-order chi connectivity index (χ1) is 9.24. The Morgan fingerprint density at radius 2 is 2.11 bits per heavy atom. The van der Waals surface area contributed by atoms with Crippen molar-refractivity contribution in [2.24, 2.45) is 5.92 Å². The first-order valence-electron chi connectivity index (χ1n) is 6.57. The molecule has 1 aromatic carbocycles. The summed E-state index contributed by atoms with van der Waals surface area (Å²) in [6, 6.07) is 10.2. The highest BCUT2D eigenvalue weighted by atomic mass is 16.4. The summed E-state index contributed by atoms with van der Waals surface area (Å²) < 4.78 is 0. The molecule has 3 rings (SSSR count). The number of nitrogens with zero attached hydrogens (tertiary/aromatic N) is 1. The average molecular weight is 256 g/mol. The lowest BCUT2D eigenvalue weighted by Crippen LogP contribution is -2.18. The summed E-state index contributed by atoms with van der Waals surface area (Å²) in [5.74, 6) is -0.880. The highest BCUT2D eigenvalue weighted by molar-refractivity contribution is 5.91. The summed E-state index contributed by atoms with van der Waals surface area (Å²) in [4.78, 5) is 15.3. The number of hydrogen-bond donors (Lipinski definition) is 2. The molecule has 0 amide bonds. The third kappa shape index (κ3) is 2.38. The fourth-order valence-electron chi connectivity index (χ4n) is 2.78. The molecule has 2 atom stereocenters. The smallest absolute Gasteiger partial charge is 0.306 e. The van der Waals surface area contributed by atoms with E-state index in [0.29, 0.717) is 6.42 Å². The van der Waals surface area contributed by atoms with Gasteiger partial charge in [-0.1, -0.05) is 18.2 Å². The van der Waals surface area contributed by atoms with Crippen LogP contribution in [0.15, 0.2) is 36.5 Å². The molecule has 0 radical (unpaired) electrons. The average Bonchev–Trinajstić information content (AvgIpc) is 2.88. The second kappa shape index (κ2) is 4.88. The molecule has 0 bridgehead atoms. The van der Waals surface area contributed by atoms with E-state index >= 15 is 0 Å². The molecule has 1 aliphatic rings. The molecule has 1 saturated carbocycles. The molecule has 2 N–H and O–H groups in total. The number of carboxylic acids is 1. The predicted molar refractivity (Wildman–Crippen MR) is 74.1 cm³/mol. The molecular weight excluding hydrogens is 240 g/mol. The van der Waals surface area contributed by atoms with Crippen molar-refractivity contribution >= 4 is 22.6 Å². The van der Waals surface area contributed by atoms with Crippen LogP contribution in [-0.2, 0) is 4.79 Å². The first-order valence-corrected chi connectivity index (χ1v) is 6.57. The predicted octanol–water partition coefficient (Wildman–Crippen LogP) is 2.90. The Hall–Kier alpha value is -2.10. The minimum atomic E-state index is -0.677. The number of hydrogen-bond acceptors (Lipinski definition) is 3. The maximum absolute atomic E-state index is 11.0. The maximum Gasteiger partial charge on any atom is 0.306 e. The van der Waals surface area contributed by atoms with Crippen molar-refractivity contribution in [3.05, 3.63) is 36.5 Å². The van der Waals surface area contributed by atoms with Gasteiger partial charge in [-0.2, -0.15) is 0 Å². The summed E-state index contributed by atoms with van der Waals surface area (Å²) in [6.07, 6.45) is 4.16. The zero-order valence-electron chi connectivity index (χ0n) is 10.5. The largest absolute Gasteiger partial charge is 0.481 e. The van der Waals surface area contributed by atoms with E-state index in [4.69, 9.17) is 5.11 Å². The number of aliphatic carboxylic acids is 1. The van der Waals surface area contributed by atoms with Crippen LogP contribution in [-0.4, -0.2) is 22.1 Å². The lowest BCUT2D eigenvalue weighted by atomic mass is 10.1. The standard InChI is InChI=1S/C15H16N2O2/c18-15(19)10-5-6-11(9-10)17-14-7-8-16-13-4-2-1-3-12(13)14/h1-4,7-8,10-11H,5-6,9H2,(H,16,17)(H,18,19)/t10-,11+/m1/s1. The van der Waals surface area contributed by atoms with Crippen LogP contribution in [0.3, 0.4) is 0 Å². The van der Waals surface area contributed by atoms with Crippen LogP contribution in [0.5, 0.6) is 0 Å². The molecule has 4 nitrogen and oxygen atoms in total. The van der Waals surface area contributed by atoms with E-state index in [1.165, 1.54) is 0 Å². The fourth-order valence-corrected chi connectivity index (χ4v) is 2.78. The highest BCUT2D eigenvalue weighted by Gasteiger charge is 2.29. The fraction of sp³-hybridized carbons (Fsp3) is 0.333. The molecule has 1 heterocycles. The second-order valence-corrected chi connectivity index (χ2v) is 5.07. The number of carboxylic acid groups (broad SMARTS) is 1. The molecule has 98 valence electrons. The Morgan fingerprint density at radius 1 is 1.26 bits per heavy atom. The summed E-state index contributed by atoms with van der Waals surface area (Å²) in [7, 11) is 0. The van der Waals surface area contributed by atoms with Crippen molar-refractivity contribution in [1.82, 2.24) is 4.98 Å². The number of fused-ring (bicyclic) bond motifs is 1. The van der Waals surface area contributed by atoms with Gasteiger partial charge in [-0.25, -0.2) is 0 Å². The van der Waals surface area contributed by atoms with Crippen molar-refractivity contribution in [2.45, 2.75) is 25.3 Å². The molecule has 1 aromatic heterocycles. The number of anilines is 1. The number of benzene rings is 1. The molecule has 0 unspecified atom stereocenters. The molecule has 4 heteroatoms. The molecule has 0 saturated heterocycles. The Bertz CT molecular complexity index is 607. The van der Waals surface area contributed by atoms with E-state index < -0.39 is 5.97 Å². The van der Waals surface area contributed by atoms with Crippen LogP contribution < -0.4 is 5.32 Å². The van der Waals surface area contributed by atoms with Gasteiger partial charge in [0, 0.05) is 23.3 Å². The minimum absolute atomic E-state index is 0.203. The number of rotatable bonds is 3. The van der Waals surface area contributed by atoms with Gasteiger partial charge < -0.3 is 10.4 Å². The Morgan fingerprint density at radius 3 is 2.89 bits per heavy atom. The Labute approximate surface area is 111 Å². The topological polar surface area (TPSA) is 62.2 Å². The summed E-state index contributed by atoms with van der Waals surface area (Å²) in [5, 5.41) is 13.6. The van der Waals surface area contributed by atoms with E-state index in [9.17, 15) is 4.79 Å². The quantitative estimate of drug-likeness (QED) is 0.886. The monoisotopic (exact) mass is 256 g/mol. The number of pyridine rings is 1. The zero-order chi connectivity index (χ0) is 13.2. The SMILES string of the molecule is O=C(O)[C@@H]1CC[C@H](Nc2ccnc3ccccc23)C1. The molecule has 0 aliphatic heterocycles. The van der Waals surface area contributed by atoms with Crippen molar-refractivity contribution < 1.29 is 9.90 Å². The molecule has 19 heavy (non-hydrogen) atoms. The Kier molecular flexibility index (Phi) is 3.07.